The first-order valence-electron chi connectivity index (χ1n) is 3.70. The molecule has 0 aromatic carbocycles. The van der Waals surface area contributed by atoms with E-state index in [1.54, 1.807) is 0 Å². The third-order valence-electron chi connectivity index (χ3n) is 1.25. The second-order valence-corrected chi connectivity index (χ2v) is 3.91. The molecule has 0 radical (unpaired) electrons. The zero-order chi connectivity index (χ0) is 7.49. The first-order valence-corrected chi connectivity index (χ1v) is 3.70. The van der Waals surface area contributed by atoms with Crippen LogP contribution in [0, 0.1) is 5.41 Å². The molecule has 1 aliphatic carbocycles. The van der Waals surface area contributed by atoms with Gasteiger partial charge in [-0.1, -0.05) is 27.7 Å². The summed E-state index contributed by atoms with van der Waals surface area (Å²) in [5.41, 5.74) is 5.86. The van der Waals surface area contributed by atoms with Crippen LogP contribution in [0.25, 0.3) is 0 Å². The van der Waals surface area contributed by atoms with Crippen LogP contribution in [-0.2, 0) is 0 Å². The molecule has 0 saturated heterocycles. The lowest BCUT2D eigenvalue weighted by atomic mass is 10.2. The maximum atomic E-state index is 5.11. The number of hydrogen-bond acceptors (Lipinski definition) is 1. The third kappa shape index (κ3) is 11.5. The lowest BCUT2D eigenvalue weighted by molar-refractivity contribution is 0.653. The molecule has 1 nitrogen and oxygen atoms in total. The van der Waals surface area contributed by atoms with Crippen molar-refractivity contribution in [3.63, 3.8) is 0 Å². The van der Waals surface area contributed by atoms with Crippen molar-refractivity contribution >= 4 is 0 Å². The molecule has 0 amide bonds. The molecule has 0 bridgehead atoms. The smallest absolute Gasteiger partial charge is 0 e. The zero-order valence-corrected chi connectivity index (χ0v) is 7.07. The maximum Gasteiger partial charge on any atom is 0 e. The van der Waals surface area contributed by atoms with Gasteiger partial charge in [-0.15, -0.1) is 0 Å². The molecule has 0 aromatic heterocycles. The second-order valence-electron chi connectivity index (χ2n) is 3.91. The van der Waals surface area contributed by atoms with Gasteiger partial charge in [-0.3, -0.25) is 0 Å². The van der Waals surface area contributed by atoms with Crippen LogP contribution in [0.3, 0.4) is 0 Å². The van der Waals surface area contributed by atoms with E-state index in [9.17, 15) is 0 Å². The van der Waals surface area contributed by atoms with Gasteiger partial charge in [0.1, 0.15) is 0 Å². The summed E-state index contributed by atoms with van der Waals surface area (Å²) < 4.78 is 0. The van der Waals surface area contributed by atoms with Crippen molar-refractivity contribution in [1.82, 2.24) is 0 Å². The van der Waals surface area contributed by atoms with Crippen LogP contribution in [0.2, 0.25) is 0 Å². The number of hydrogen-bond donors (Lipinski definition) is 1. The highest BCUT2D eigenvalue weighted by atomic mass is 14.6. The van der Waals surface area contributed by atoms with Gasteiger partial charge in [0.2, 0.25) is 0 Å². The van der Waals surface area contributed by atoms with Gasteiger partial charge in [-0.2, -0.15) is 0 Å². The Kier molecular flexibility index (Phi) is 3.20. The number of nitrogens with two attached hydrogens (primary N) is 1. The van der Waals surface area contributed by atoms with Crippen LogP contribution in [0.5, 0.6) is 0 Å². The highest BCUT2D eigenvalue weighted by Crippen LogP contribution is 2.43. The van der Waals surface area contributed by atoms with Crippen LogP contribution in [-0.4, -0.2) is 6.04 Å². The molecule has 1 aliphatic rings. The van der Waals surface area contributed by atoms with E-state index in [1.165, 1.54) is 12.8 Å². The molecule has 0 aliphatic heterocycles. The van der Waals surface area contributed by atoms with E-state index in [4.69, 9.17) is 5.73 Å². The summed E-state index contributed by atoms with van der Waals surface area (Å²) in [5, 5.41) is 0. The first kappa shape index (κ1) is 8.96. The van der Waals surface area contributed by atoms with Crippen LogP contribution in [0.4, 0.5) is 0 Å². The van der Waals surface area contributed by atoms with E-state index in [1.807, 2.05) is 13.8 Å². The lowest BCUT2D eigenvalue weighted by Crippen LogP contribution is -2.06. The van der Waals surface area contributed by atoms with E-state index < -0.39 is 0 Å². The predicted molar refractivity (Wildman–Crippen MR) is 44.5 cm³/mol. The van der Waals surface area contributed by atoms with Crippen molar-refractivity contribution in [3.05, 3.63) is 0 Å². The minimum atomic E-state index is 0. The standard InChI is InChI=1S/C5H10.C3H9N.H2/c1-5(2)3-4-5;1-3(2)4;/h3-4H2,1-2H3;3H,4H2,1-2H3;1H. The Balaban J connectivity index is 0. The molecule has 0 aromatic rings. The third-order valence-corrected chi connectivity index (χ3v) is 1.25. The molecular formula is C8H21N. The quantitative estimate of drug-likeness (QED) is 0.537. The van der Waals surface area contributed by atoms with Crippen molar-refractivity contribution in [1.29, 1.82) is 0 Å². The number of rotatable bonds is 0. The summed E-state index contributed by atoms with van der Waals surface area (Å²) in [5.74, 6) is 0. The minimum absolute atomic E-state index is 0. The van der Waals surface area contributed by atoms with Crippen LogP contribution < -0.4 is 5.73 Å². The Labute approximate surface area is 60.1 Å². The summed E-state index contributed by atoms with van der Waals surface area (Å²) in [6.45, 7) is 8.49. The zero-order valence-electron chi connectivity index (χ0n) is 7.07. The van der Waals surface area contributed by atoms with E-state index in [-0.39, 0.29) is 1.43 Å². The highest BCUT2D eigenvalue weighted by Gasteiger charge is 2.30. The van der Waals surface area contributed by atoms with E-state index in [0.717, 1.165) is 5.41 Å². The van der Waals surface area contributed by atoms with Gasteiger partial charge in [0, 0.05) is 1.43 Å². The van der Waals surface area contributed by atoms with Gasteiger partial charge in [0.15, 0.2) is 0 Å². The average molecular weight is 131 g/mol. The van der Waals surface area contributed by atoms with Crippen LogP contribution in [0.1, 0.15) is 42.0 Å². The van der Waals surface area contributed by atoms with Gasteiger partial charge >= 0.3 is 0 Å². The summed E-state index contributed by atoms with van der Waals surface area (Å²) in [4.78, 5) is 0. The lowest BCUT2D eigenvalue weighted by Gasteiger charge is -1.86. The molecule has 0 atom stereocenters. The molecular weight excluding hydrogens is 110 g/mol. The summed E-state index contributed by atoms with van der Waals surface area (Å²) in [6.07, 6.45) is 2.90. The monoisotopic (exact) mass is 131 g/mol. The Bertz CT molecular complexity index is 70.6. The summed E-state index contributed by atoms with van der Waals surface area (Å²) >= 11 is 0. The van der Waals surface area contributed by atoms with Gasteiger partial charge in [0.25, 0.3) is 0 Å². The van der Waals surface area contributed by atoms with Gasteiger partial charge in [-0.05, 0) is 24.3 Å². The Morgan fingerprint density at radius 2 is 1.44 bits per heavy atom. The fraction of sp³-hybridized carbons (Fsp3) is 1.00. The predicted octanol–water partition coefficient (Wildman–Crippen LogP) is 2.41. The van der Waals surface area contributed by atoms with E-state index in [2.05, 4.69) is 13.8 Å². The minimum Gasteiger partial charge on any atom is -0.328 e. The molecule has 0 heterocycles. The molecule has 9 heavy (non-hydrogen) atoms. The van der Waals surface area contributed by atoms with Crippen molar-refractivity contribution in [3.8, 4) is 0 Å². The molecule has 1 heteroatoms. The normalized spacial score (nSPS) is 20.7. The van der Waals surface area contributed by atoms with E-state index >= 15 is 0 Å². The first-order chi connectivity index (χ1) is 3.94. The highest BCUT2D eigenvalue weighted by molar-refractivity contribution is 4.82. The fourth-order valence-corrected chi connectivity index (χ4v) is 0.250. The summed E-state index contributed by atoms with van der Waals surface area (Å²) in [6, 6.07) is 0.333. The molecule has 2 N–H and O–H groups in total. The second kappa shape index (κ2) is 3.21. The molecule has 58 valence electrons. The van der Waals surface area contributed by atoms with Crippen molar-refractivity contribution in [2.45, 2.75) is 46.6 Å². The molecule has 0 unspecified atom stereocenters. The SMILES string of the molecule is CC(C)N.CC1(C)CC1.[HH]. The van der Waals surface area contributed by atoms with Crippen LogP contribution >= 0.6 is 0 Å². The Morgan fingerprint density at radius 3 is 1.44 bits per heavy atom. The van der Waals surface area contributed by atoms with Gasteiger partial charge in [0.05, 0.1) is 0 Å². The Hall–Kier alpha value is -0.0400. The molecule has 1 saturated carbocycles. The maximum absolute atomic E-state index is 5.11. The van der Waals surface area contributed by atoms with Crippen molar-refractivity contribution < 1.29 is 1.43 Å². The van der Waals surface area contributed by atoms with Gasteiger partial charge < -0.3 is 5.73 Å². The largest absolute Gasteiger partial charge is 0.328 e. The van der Waals surface area contributed by atoms with Gasteiger partial charge in [-0.25, -0.2) is 0 Å². The van der Waals surface area contributed by atoms with Crippen LogP contribution in [0.15, 0.2) is 0 Å². The molecule has 0 spiro atoms. The van der Waals surface area contributed by atoms with E-state index in [0.29, 0.717) is 6.04 Å². The average Bonchev–Trinajstić information content (AvgIpc) is 2.16. The summed E-state index contributed by atoms with van der Waals surface area (Å²) in [7, 11) is 0. The molecule has 1 rings (SSSR count). The van der Waals surface area contributed by atoms with Crippen molar-refractivity contribution in [2.75, 3.05) is 0 Å². The topological polar surface area (TPSA) is 26.0 Å². The fourth-order valence-electron chi connectivity index (χ4n) is 0.250. The van der Waals surface area contributed by atoms with Crippen molar-refractivity contribution in [2.24, 2.45) is 11.1 Å². The Morgan fingerprint density at radius 1 is 1.33 bits per heavy atom. The molecule has 1 fully saturated rings.